The third kappa shape index (κ3) is 6.75. The fraction of sp³-hybridized carbons (Fsp3) is 0.250. The Morgan fingerprint density at radius 1 is 1.07 bits per heavy atom. The van der Waals surface area contributed by atoms with Crippen LogP contribution >= 0.6 is 23.5 Å². The molecule has 1 aromatic carbocycles. The Kier molecular flexibility index (Phi) is 8.05. The normalized spacial score (nSPS) is 21.4. The number of imidazole rings is 1. The molecule has 1 fully saturated rings. The number of rotatable bonds is 10. The molecule has 0 bridgehead atoms. The average molecular weight is 641 g/mol. The van der Waals surface area contributed by atoms with Crippen molar-refractivity contribution in [3.05, 3.63) is 52.9 Å². The van der Waals surface area contributed by atoms with E-state index >= 15 is 0 Å². The molecular formula is C20H16N6O13P3-3. The molecule has 4 aromatic rings. The van der Waals surface area contributed by atoms with Crippen LogP contribution in [-0.4, -0.2) is 32.2 Å². The van der Waals surface area contributed by atoms with E-state index in [1.807, 2.05) is 0 Å². The van der Waals surface area contributed by atoms with Crippen molar-refractivity contribution >= 4 is 51.4 Å². The summed E-state index contributed by atoms with van der Waals surface area (Å²) in [5, 5.41) is 9.10. The fourth-order valence-corrected chi connectivity index (χ4v) is 7.31. The van der Waals surface area contributed by atoms with E-state index in [4.69, 9.17) is 20.1 Å². The molecule has 1 saturated heterocycles. The lowest BCUT2D eigenvalue weighted by molar-refractivity contribution is -0.249. The van der Waals surface area contributed by atoms with Gasteiger partial charge in [0.2, 0.25) is 0 Å². The third-order valence-corrected chi connectivity index (χ3v) is 9.75. The van der Waals surface area contributed by atoms with Gasteiger partial charge in [-0.2, -0.15) is 5.26 Å². The van der Waals surface area contributed by atoms with Crippen LogP contribution in [0.2, 0.25) is 0 Å². The van der Waals surface area contributed by atoms with Gasteiger partial charge >= 0.3 is 13.4 Å². The second kappa shape index (κ2) is 11.3. The highest BCUT2D eigenvalue weighted by Gasteiger charge is 2.31. The highest BCUT2D eigenvalue weighted by atomic mass is 31.3. The molecule has 2 N–H and O–H groups in total. The molecule has 0 spiro atoms. The van der Waals surface area contributed by atoms with Crippen LogP contribution in [-0.2, 0) is 31.6 Å². The van der Waals surface area contributed by atoms with Crippen molar-refractivity contribution in [1.82, 2.24) is 19.5 Å². The number of phosphoric acid groups is 3. The number of phosphoric ester groups is 2. The van der Waals surface area contributed by atoms with Crippen molar-refractivity contribution < 1.29 is 55.2 Å². The standard InChI is InChI=1S/C20H19N6O13P3/c21-7-12-5-11-1-2-13(6-15(11)36-20(12)27)37-41(30,31)39-42(32,33)38-40(28,29)34-8-14-3-4-16(35-14)26-10-25-17-18(22)23-9-24-19(17)26/h1-2,5-6,9-10,14,16H,3-4,8H2,(H,28,29)(H,30,31)(H,32,33)(H2,22,23,24)/p-3/t14-,16+/m0/s1. The van der Waals surface area contributed by atoms with Gasteiger partial charge in [0, 0.05) is 11.5 Å². The van der Waals surface area contributed by atoms with Gasteiger partial charge in [0.05, 0.1) is 19.0 Å². The zero-order valence-corrected chi connectivity index (χ0v) is 23.4. The Hall–Kier alpha value is -3.52. The van der Waals surface area contributed by atoms with Crippen molar-refractivity contribution in [2.75, 3.05) is 12.3 Å². The summed E-state index contributed by atoms with van der Waals surface area (Å²) >= 11 is 0. The van der Waals surface area contributed by atoms with Crippen molar-refractivity contribution in [3.63, 3.8) is 0 Å². The lowest BCUT2D eigenvalue weighted by atomic mass is 10.2. The maximum atomic E-state index is 12.2. The molecule has 222 valence electrons. The molecule has 0 aliphatic carbocycles. The van der Waals surface area contributed by atoms with Crippen molar-refractivity contribution in [3.8, 4) is 11.8 Å². The number of aromatic nitrogens is 4. The highest BCUT2D eigenvalue weighted by Crippen LogP contribution is 2.62. The molecule has 1 aliphatic rings. The summed E-state index contributed by atoms with van der Waals surface area (Å²) in [7, 11) is -17.6. The molecule has 0 amide bonds. The summed E-state index contributed by atoms with van der Waals surface area (Å²) in [4.78, 5) is 60.1. The number of nitriles is 1. The quantitative estimate of drug-likeness (QED) is 0.183. The van der Waals surface area contributed by atoms with Crippen LogP contribution in [0, 0.1) is 11.3 Å². The number of nitrogens with two attached hydrogens (primary N) is 1. The molecule has 42 heavy (non-hydrogen) atoms. The molecule has 19 nitrogen and oxygen atoms in total. The minimum absolute atomic E-state index is 0.152. The first-order valence-electron chi connectivity index (χ1n) is 11.5. The minimum atomic E-state index is -6.12. The van der Waals surface area contributed by atoms with Crippen LogP contribution in [0.5, 0.6) is 5.75 Å². The predicted octanol–water partition coefficient (Wildman–Crippen LogP) is 0.598. The first-order chi connectivity index (χ1) is 19.7. The number of anilines is 1. The molecule has 22 heteroatoms. The van der Waals surface area contributed by atoms with Gasteiger partial charge in [0.15, 0.2) is 11.5 Å². The smallest absolute Gasteiger partial charge is 0.354 e. The van der Waals surface area contributed by atoms with E-state index in [1.165, 1.54) is 24.8 Å². The average Bonchev–Trinajstić information content (AvgIpc) is 3.53. The Bertz CT molecular complexity index is 1920. The number of nitrogens with zero attached hydrogens (tertiary/aromatic N) is 5. The number of hydrogen-bond acceptors (Lipinski definition) is 18. The predicted molar refractivity (Wildman–Crippen MR) is 132 cm³/mol. The fourth-order valence-electron chi connectivity index (χ4n) is 3.92. The summed E-state index contributed by atoms with van der Waals surface area (Å²) in [6.45, 7) is -0.678. The monoisotopic (exact) mass is 641 g/mol. The van der Waals surface area contributed by atoms with Gasteiger partial charge < -0.3 is 38.6 Å². The highest BCUT2D eigenvalue weighted by molar-refractivity contribution is 7.65. The van der Waals surface area contributed by atoms with E-state index in [2.05, 4.69) is 32.6 Å². The van der Waals surface area contributed by atoms with E-state index in [9.17, 15) is 33.2 Å². The molecule has 3 unspecified atom stereocenters. The second-order valence-corrected chi connectivity index (χ2v) is 13.0. The van der Waals surface area contributed by atoms with Crippen molar-refractivity contribution in [2.45, 2.75) is 25.2 Å². The van der Waals surface area contributed by atoms with E-state index in [0.717, 1.165) is 12.1 Å². The largest absolute Gasteiger partial charge is 0.756 e. The number of benzene rings is 1. The Morgan fingerprint density at radius 2 is 1.83 bits per heavy atom. The molecular weight excluding hydrogens is 625 g/mol. The van der Waals surface area contributed by atoms with Gasteiger partial charge in [-0.15, -0.1) is 0 Å². The Morgan fingerprint density at radius 3 is 2.60 bits per heavy atom. The van der Waals surface area contributed by atoms with Gasteiger partial charge in [0.1, 0.15) is 41.0 Å². The van der Waals surface area contributed by atoms with E-state index in [-0.39, 0.29) is 28.8 Å². The molecule has 5 atom stereocenters. The van der Waals surface area contributed by atoms with Crippen LogP contribution in [0.15, 0.2) is 46.1 Å². The summed E-state index contributed by atoms with van der Waals surface area (Å²) in [6.07, 6.45) is 1.85. The summed E-state index contributed by atoms with van der Waals surface area (Å²) < 4.78 is 65.2. The maximum absolute atomic E-state index is 12.2. The van der Waals surface area contributed by atoms with Gasteiger partial charge in [-0.3, -0.25) is 18.3 Å². The van der Waals surface area contributed by atoms with E-state index < -0.39 is 53.8 Å². The lowest BCUT2D eigenvalue weighted by Gasteiger charge is -2.34. The number of ether oxygens (including phenoxy) is 1. The Balaban J connectivity index is 1.17. The maximum Gasteiger partial charge on any atom is 0.354 e. The SMILES string of the molecule is N#Cc1cc2ccc(OP(=O)([O-])OP(=O)([O-])OP(=O)([O-])OC[C@@H]3CC[C@H](n4cnc5c(N)ncnc54)O3)cc2oc1=O. The van der Waals surface area contributed by atoms with Gasteiger partial charge in [-0.05, 0) is 31.0 Å². The third-order valence-electron chi connectivity index (χ3n) is 5.65. The van der Waals surface area contributed by atoms with Gasteiger partial charge in [0.25, 0.3) is 15.6 Å². The second-order valence-electron chi connectivity index (χ2n) is 8.52. The molecule has 3 aromatic heterocycles. The number of nitrogen functional groups attached to an aromatic ring is 1. The zero-order valence-electron chi connectivity index (χ0n) is 20.7. The summed E-state index contributed by atoms with van der Waals surface area (Å²) in [6, 6.07) is 5.91. The molecule has 5 rings (SSSR count). The van der Waals surface area contributed by atoms with Gasteiger partial charge in [-0.25, -0.2) is 28.4 Å². The van der Waals surface area contributed by atoms with Crippen LogP contribution in [0.1, 0.15) is 24.6 Å². The van der Waals surface area contributed by atoms with Crippen LogP contribution in [0.3, 0.4) is 0 Å². The molecule has 0 saturated carbocycles. The minimum Gasteiger partial charge on any atom is -0.756 e. The molecule has 1 aliphatic heterocycles. The Labute approximate surface area is 233 Å². The number of hydrogen-bond donors (Lipinski definition) is 1. The van der Waals surface area contributed by atoms with Crippen LogP contribution < -0.4 is 30.6 Å². The van der Waals surface area contributed by atoms with Crippen LogP contribution in [0.4, 0.5) is 5.82 Å². The summed E-state index contributed by atoms with van der Waals surface area (Å²) in [5.41, 5.74) is 4.95. The zero-order chi connectivity index (χ0) is 30.3. The first kappa shape index (κ1) is 30.0. The number of fused-ring (bicyclic) bond motifs is 2. The van der Waals surface area contributed by atoms with Gasteiger partial charge in [-0.1, -0.05) is 0 Å². The lowest BCUT2D eigenvalue weighted by Crippen LogP contribution is -2.21. The first-order valence-corrected chi connectivity index (χ1v) is 15.9. The molecule has 4 heterocycles. The molecule has 0 radical (unpaired) electrons. The van der Waals surface area contributed by atoms with E-state index in [1.54, 1.807) is 10.6 Å². The summed E-state index contributed by atoms with van der Waals surface area (Å²) in [5.74, 6) is -0.415. The van der Waals surface area contributed by atoms with Crippen molar-refractivity contribution in [2.24, 2.45) is 0 Å². The van der Waals surface area contributed by atoms with Crippen LogP contribution in [0.25, 0.3) is 22.1 Å². The van der Waals surface area contributed by atoms with E-state index in [0.29, 0.717) is 17.6 Å². The topological polar surface area (TPSA) is 290 Å². The van der Waals surface area contributed by atoms with Crippen molar-refractivity contribution in [1.29, 1.82) is 5.26 Å².